The Morgan fingerprint density at radius 2 is 2.20 bits per heavy atom. The highest BCUT2D eigenvalue weighted by Gasteiger charge is 2.29. The van der Waals surface area contributed by atoms with Crippen LogP contribution in [0, 0.1) is 0 Å². The minimum absolute atomic E-state index is 0.209. The van der Waals surface area contributed by atoms with Gasteiger partial charge in [-0.2, -0.15) is 4.68 Å². The molecular weight excluding hydrogens is 280 g/mol. The molecule has 0 N–H and O–H groups in total. The Kier molecular flexibility index (Phi) is 3.55. The first-order valence-corrected chi connectivity index (χ1v) is 6.92. The third-order valence-corrected chi connectivity index (χ3v) is 4.07. The summed E-state index contributed by atoms with van der Waals surface area (Å²) in [5.41, 5.74) is 0.810. The average molecular weight is 292 g/mol. The SMILES string of the molecule is COc1ccc(-n2nnnc2S[C@@H]2CCOC2=O)cc1. The molecule has 1 fully saturated rings. The monoisotopic (exact) mass is 292 g/mol. The summed E-state index contributed by atoms with van der Waals surface area (Å²) in [6, 6.07) is 7.36. The van der Waals surface area contributed by atoms with Crippen LogP contribution in [0.25, 0.3) is 5.69 Å². The molecule has 1 aromatic heterocycles. The molecule has 7 nitrogen and oxygen atoms in total. The van der Waals surface area contributed by atoms with E-state index < -0.39 is 0 Å². The summed E-state index contributed by atoms with van der Waals surface area (Å²) in [5, 5.41) is 11.9. The molecule has 8 heteroatoms. The minimum Gasteiger partial charge on any atom is -0.497 e. The number of carbonyl (C=O) groups is 1. The van der Waals surface area contributed by atoms with Gasteiger partial charge in [-0.1, -0.05) is 11.8 Å². The summed E-state index contributed by atoms with van der Waals surface area (Å²) in [5.74, 6) is 0.551. The van der Waals surface area contributed by atoms with Crippen molar-refractivity contribution in [1.29, 1.82) is 0 Å². The summed E-state index contributed by atoms with van der Waals surface area (Å²) in [6.07, 6.45) is 0.680. The van der Waals surface area contributed by atoms with Crippen LogP contribution in [-0.2, 0) is 9.53 Å². The fourth-order valence-electron chi connectivity index (χ4n) is 1.85. The maximum atomic E-state index is 11.5. The van der Waals surface area contributed by atoms with Crippen molar-refractivity contribution in [2.45, 2.75) is 16.8 Å². The van der Waals surface area contributed by atoms with E-state index >= 15 is 0 Å². The molecule has 20 heavy (non-hydrogen) atoms. The number of hydrogen-bond acceptors (Lipinski definition) is 7. The van der Waals surface area contributed by atoms with Gasteiger partial charge in [-0.15, -0.1) is 5.10 Å². The van der Waals surface area contributed by atoms with Crippen molar-refractivity contribution < 1.29 is 14.3 Å². The number of aromatic nitrogens is 4. The molecule has 2 heterocycles. The second-order valence-corrected chi connectivity index (χ2v) is 5.30. The summed E-state index contributed by atoms with van der Waals surface area (Å²) in [6.45, 7) is 0.459. The number of nitrogens with zero attached hydrogens (tertiary/aromatic N) is 4. The molecule has 0 amide bonds. The number of tetrazole rings is 1. The van der Waals surface area contributed by atoms with Crippen LogP contribution >= 0.6 is 11.8 Å². The number of ether oxygens (including phenoxy) is 2. The van der Waals surface area contributed by atoms with Crippen LogP contribution in [0.3, 0.4) is 0 Å². The van der Waals surface area contributed by atoms with E-state index in [1.807, 2.05) is 24.3 Å². The molecule has 0 bridgehead atoms. The maximum Gasteiger partial charge on any atom is 0.319 e. The molecule has 0 aliphatic carbocycles. The minimum atomic E-state index is -0.238. The molecule has 1 saturated heterocycles. The Balaban J connectivity index is 1.83. The van der Waals surface area contributed by atoms with Gasteiger partial charge in [-0.05, 0) is 34.7 Å². The first-order chi connectivity index (χ1) is 9.78. The number of hydrogen-bond donors (Lipinski definition) is 0. The Hall–Kier alpha value is -2.09. The van der Waals surface area contributed by atoms with Crippen LogP contribution in [0.5, 0.6) is 5.75 Å². The summed E-state index contributed by atoms with van der Waals surface area (Å²) >= 11 is 1.32. The zero-order valence-corrected chi connectivity index (χ0v) is 11.5. The molecule has 1 atom stereocenters. The highest BCUT2D eigenvalue weighted by Crippen LogP contribution is 2.29. The second-order valence-electron chi connectivity index (χ2n) is 4.13. The zero-order chi connectivity index (χ0) is 13.9. The summed E-state index contributed by atoms with van der Waals surface area (Å²) < 4.78 is 11.6. The average Bonchev–Trinajstić information content (AvgIpc) is 3.09. The van der Waals surface area contributed by atoms with Crippen LogP contribution in [0.2, 0.25) is 0 Å². The van der Waals surface area contributed by atoms with E-state index in [1.165, 1.54) is 11.8 Å². The van der Waals surface area contributed by atoms with Gasteiger partial charge in [0.25, 0.3) is 0 Å². The van der Waals surface area contributed by atoms with Gasteiger partial charge in [0.05, 0.1) is 19.4 Å². The number of rotatable bonds is 4. The normalized spacial score (nSPS) is 18.1. The first-order valence-electron chi connectivity index (χ1n) is 6.04. The van der Waals surface area contributed by atoms with Crippen molar-refractivity contribution in [3.63, 3.8) is 0 Å². The van der Waals surface area contributed by atoms with E-state index in [0.29, 0.717) is 18.2 Å². The molecule has 0 saturated carbocycles. The molecule has 0 radical (unpaired) electrons. The zero-order valence-electron chi connectivity index (χ0n) is 10.7. The van der Waals surface area contributed by atoms with Gasteiger partial charge < -0.3 is 9.47 Å². The van der Waals surface area contributed by atoms with Gasteiger partial charge in [0.1, 0.15) is 11.0 Å². The van der Waals surface area contributed by atoms with Crippen LogP contribution in [0.1, 0.15) is 6.42 Å². The number of cyclic esters (lactones) is 1. The van der Waals surface area contributed by atoms with Crippen LogP contribution in [0.4, 0.5) is 0 Å². The van der Waals surface area contributed by atoms with E-state index in [-0.39, 0.29) is 11.2 Å². The molecule has 0 unspecified atom stereocenters. The Bertz CT molecular complexity index is 613. The highest BCUT2D eigenvalue weighted by molar-refractivity contribution is 8.00. The molecule has 1 aromatic carbocycles. The van der Waals surface area contributed by atoms with Crippen LogP contribution in [-0.4, -0.2) is 45.1 Å². The summed E-state index contributed by atoms with van der Waals surface area (Å²) in [7, 11) is 1.61. The molecule has 1 aliphatic rings. The highest BCUT2D eigenvalue weighted by atomic mass is 32.2. The fraction of sp³-hybridized carbons (Fsp3) is 0.333. The van der Waals surface area contributed by atoms with E-state index in [1.54, 1.807) is 11.8 Å². The Morgan fingerprint density at radius 3 is 2.85 bits per heavy atom. The van der Waals surface area contributed by atoms with E-state index in [0.717, 1.165) is 11.4 Å². The number of thioether (sulfide) groups is 1. The van der Waals surface area contributed by atoms with Crippen molar-refractivity contribution in [3.8, 4) is 11.4 Å². The van der Waals surface area contributed by atoms with Gasteiger partial charge in [0, 0.05) is 6.42 Å². The number of methoxy groups -OCH3 is 1. The number of esters is 1. The van der Waals surface area contributed by atoms with Crippen LogP contribution in [0.15, 0.2) is 29.4 Å². The molecular formula is C12H12N4O3S. The second kappa shape index (κ2) is 5.49. The Morgan fingerprint density at radius 1 is 1.40 bits per heavy atom. The topological polar surface area (TPSA) is 79.1 Å². The first kappa shape index (κ1) is 12.9. The van der Waals surface area contributed by atoms with Crippen molar-refractivity contribution >= 4 is 17.7 Å². The van der Waals surface area contributed by atoms with E-state index in [9.17, 15) is 4.79 Å². The van der Waals surface area contributed by atoms with E-state index in [2.05, 4.69) is 15.5 Å². The van der Waals surface area contributed by atoms with Crippen molar-refractivity contribution in [1.82, 2.24) is 20.2 Å². The van der Waals surface area contributed by atoms with Crippen molar-refractivity contribution in [2.24, 2.45) is 0 Å². The molecule has 104 valence electrons. The fourth-order valence-corrected chi connectivity index (χ4v) is 2.81. The van der Waals surface area contributed by atoms with Gasteiger partial charge in [-0.3, -0.25) is 4.79 Å². The molecule has 3 rings (SSSR count). The standard InChI is InChI=1S/C12H12N4O3S/c1-18-9-4-2-8(3-5-9)16-12(13-14-15-16)20-10-6-7-19-11(10)17/h2-5,10H,6-7H2,1H3/t10-/m1/s1. The predicted molar refractivity (Wildman–Crippen MR) is 70.9 cm³/mol. The number of carbonyl (C=O) groups excluding carboxylic acids is 1. The van der Waals surface area contributed by atoms with Crippen molar-refractivity contribution in [3.05, 3.63) is 24.3 Å². The lowest BCUT2D eigenvalue weighted by atomic mass is 10.3. The Labute approximate surface area is 119 Å². The van der Waals surface area contributed by atoms with Gasteiger partial charge in [-0.25, -0.2) is 0 Å². The van der Waals surface area contributed by atoms with Crippen LogP contribution < -0.4 is 4.74 Å². The lowest BCUT2D eigenvalue weighted by Gasteiger charge is -2.07. The smallest absolute Gasteiger partial charge is 0.319 e. The van der Waals surface area contributed by atoms with Crippen molar-refractivity contribution in [2.75, 3.05) is 13.7 Å². The van der Waals surface area contributed by atoms with Gasteiger partial charge in [0.15, 0.2) is 0 Å². The molecule has 2 aromatic rings. The lowest BCUT2D eigenvalue weighted by molar-refractivity contribution is -0.137. The third kappa shape index (κ3) is 2.46. The van der Waals surface area contributed by atoms with Gasteiger partial charge in [0.2, 0.25) is 5.16 Å². The summed E-state index contributed by atoms with van der Waals surface area (Å²) in [4.78, 5) is 11.5. The molecule has 0 spiro atoms. The number of benzene rings is 1. The van der Waals surface area contributed by atoms with E-state index in [4.69, 9.17) is 9.47 Å². The van der Waals surface area contributed by atoms with Gasteiger partial charge >= 0.3 is 5.97 Å². The third-order valence-electron chi connectivity index (χ3n) is 2.89. The quantitative estimate of drug-likeness (QED) is 0.780. The lowest BCUT2D eigenvalue weighted by Crippen LogP contribution is -2.11. The molecule has 1 aliphatic heterocycles. The maximum absolute atomic E-state index is 11.5. The predicted octanol–water partition coefficient (Wildman–Crippen LogP) is 1.08. The largest absolute Gasteiger partial charge is 0.497 e.